The monoisotopic (exact) mass is 267 g/mol. The van der Waals surface area contributed by atoms with Crippen molar-refractivity contribution in [2.75, 3.05) is 0 Å². The molecule has 1 heterocycles. The lowest BCUT2D eigenvalue weighted by Gasteiger charge is -2.07. The van der Waals surface area contributed by atoms with E-state index in [0.717, 1.165) is 5.56 Å². The molecule has 3 rings (SSSR count). The molecule has 98 valence electrons. The molecule has 0 amide bonds. The average molecular weight is 267 g/mol. The fourth-order valence-corrected chi connectivity index (χ4v) is 2.15. The van der Waals surface area contributed by atoms with E-state index in [1.165, 1.54) is 18.2 Å². The first-order chi connectivity index (χ1) is 9.66. The number of fused-ring (bicyclic) bond motifs is 1. The van der Waals surface area contributed by atoms with Crippen LogP contribution in [0.5, 0.6) is 0 Å². The number of aromatic nitrogens is 1. The molecule has 0 aliphatic heterocycles. The van der Waals surface area contributed by atoms with Crippen molar-refractivity contribution in [1.82, 2.24) is 4.98 Å². The molecule has 0 aliphatic carbocycles. The van der Waals surface area contributed by atoms with E-state index in [1.807, 2.05) is 18.2 Å². The Hall–Kier alpha value is -2.75. The number of halogens is 1. The normalized spacial score (nSPS) is 10.7. The first kappa shape index (κ1) is 12.3. The van der Waals surface area contributed by atoms with Crippen LogP contribution in [-0.2, 0) is 0 Å². The van der Waals surface area contributed by atoms with Gasteiger partial charge in [-0.1, -0.05) is 42.5 Å². The van der Waals surface area contributed by atoms with Gasteiger partial charge in [-0.05, 0) is 12.1 Å². The topological polar surface area (TPSA) is 50.2 Å². The van der Waals surface area contributed by atoms with Crippen LogP contribution in [0.2, 0.25) is 0 Å². The Bertz CT molecular complexity index is 800. The molecule has 3 aromatic rings. The lowest BCUT2D eigenvalue weighted by Crippen LogP contribution is -2.01. The Balaban J connectivity index is 2.36. The fraction of sp³-hybridized carbons (Fsp3) is 0. The van der Waals surface area contributed by atoms with Crippen molar-refractivity contribution in [2.45, 2.75) is 0 Å². The van der Waals surface area contributed by atoms with Crippen LogP contribution >= 0.6 is 0 Å². The summed E-state index contributed by atoms with van der Waals surface area (Å²) in [6.07, 6.45) is 0. The summed E-state index contributed by atoms with van der Waals surface area (Å²) in [5.41, 5.74) is 1.32. The number of nitrogens with zero attached hydrogens (tertiary/aromatic N) is 1. The minimum atomic E-state index is -1.10. The fourth-order valence-electron chi connectivity index (χ4n) is 2.15. The minimum absolute atomic E-state index is 0.0494. The average Bonchev–Trinajstić information content (AvgIpc) is 2.47. The van der Waals surface area contributed by atoms with Gasteiger partial charge in [0.1, 0.15) is 11.3 Å². The summed E-state index contributed by atoms with van der Waals surface area (Å²) in [4.78, 5) is 15.6. The van der Waals surface area contributed by atoms with Crippen LogP contribution in [0.15, 0.2) is 54.6 Å². The van der Waals surface area contributed by atoms with Gasteiger partial charge < -0.3 is 5.11 Å². The van der Waals surface area contributed by atoms with Gasteiger partial charge in [0.15, 0.2) is 0 Å². The summed E-state index contributed by atoms with van der Waals surface area (Å²) in [6.45, 7) is 0. The van der Waals surface area contributed by atoms with Crippen LogP contribution in [0.4, 0.5) is 4.39 Å². The quantitative estimate of drug-likeness (QED) is 0.769. The maximum absolute atomic E-state index is 13.9. The van der Waals surface area contributed by atoms with Crippen molar-refractivity contribution < 1.29 is 14.3 Å². The summed E-state index contributed by atoms with van der Waals surface area (Å²) >= 11 is 0. The molecule has 1 N–H and O–H groups in total. The standard InChI is InChI=1S/C16H10FNO2/c17-13-8-4-7-11-12(16(19)20)9-14(18-15(11)13)10-5-2-1-3-6-10/h1-9H,(H,19,20). The Kier molecular flexibility index (Phi) is 2.91. The summed E-state index contributed by atoms with van der Waals surface area (Å²) in [5.74, 6) is -1.62. The molecule has 3 nitrogen and oxygen atoms in total. The SMILES string of the molecule is O=C(O)c1cc(-c2ccccc2)nc2c(F)cccc12. The lowest BCUT2D eigenvalue weighted by molar-refractivity contribution is 0.0699. The number of hydrogen-bond acceptors (Lipinski definition) is 2. The number of carboxylic acids is 1. The van der Waals surface area contributed by atoms with E-state index in [4.69, 9.17) is 0 Å². The molecular formula is C16H10FNO2. The molecule has 2 aromatic carbocycles. The third-order valence-electron chi connectivity index (χ3n) is 3.09. The number of pyridine rings is 1. The lowest BCUT2D eigenvalue weighted by atomic mass is 10.0. The second kappa shape index (κ2) is 4.74. The highest BCUT2D eigenvalue weighted by Crippen LogP contribution is 2.26. The van der Waals surface area contributed by atoms with E-state index in [2.05, 4.69) is 4.98 Å². The second-order valence-corrected chi connectivity index (χ2v) is 4.36. The van der Waals surface area contributed by atoms with E-state index in [9.17, 15) is 14.3 Å². The molecule has 1 aromatic heterocycles. The third-order valence-corrected chi connectivity index (χ3v) is 3.09. The predicted molar refractivity (Wildman–Crippen MR) is 74.1 cm³/mol. The molecular weight excluding hydrogens is 257 g/mol. The highest BCUT2D eigenvalue weighted by Gasteiger charge is 2.14. The zero-order valence-corrected chi connectivity index (χ0v) is 10.4. The van der Waals surface area contributed by atoms with Crippen LogP contribution in [0, 0.1) is 5.82 Å². The van der Waals surface area contributed by atoms with E-state index >= 15 is 0 Å². The smallest absolute Gasteiger partial charge is 0.336 e. The number of para-hydroxylation sites is 1. The number of carboxylic acid groups (broad SMARTS) is 1. The van der Waals surface area contributed by atoms with Gasteiger partial charge in [-0.3, -0.25) is 0 Å². The molecule has 0 atom stereocenters. The van der Waals surface area contributed by atoms with E-state index in [0.29, 0.717) is 11.1 Å². The van der Waals surface area contributed by atoms with E-state index < -0.39 is 11.8 Å². The number of benzene rings is 2. The summed E-state index contributed by atoms with van der Waals surface area (Å²) < 4.78 is 13.9. The van der Waals surface area contributed by atoms with Crippen LogP contribution in [0.1, 0.15) is 10.4 Å². The van der Waals surface area contributed by atoms with Crippen molar-refractivity contribution in [2.24, 2.45) is 0 Å². The van der Waals surface area contributed by atoms with Crippen molar-refractivity contribution in [3.63, 3.8) is 0 Å². The molecule has 0 radical (unpaired) electrons. The van der Waals surface area contributed by atoms with Gasteiger partial charge in [0.05, 0.1) is 11.3 Å². The summed E-state index contributed by atoms with van der Waals surface area (Å²) in [5, 5.41) is 9.60. The van der Waals surface area contributed by atoms with Crippen LogP contribution in [0.25, 0.3) is 22.2 Å². The number of hydrogen-bond donors (Lipinski definition) is 1. The molecule has 0 bridgehead atoms. The van der Waals surface area contributed by atoms with Crippen LogP contribution < -0.4 is 0 Å². The van der Waals surface area contributed by atoms with Crippen molar-refractivity contribution in [3.05, 3.63) is 66.0 Å². The highest BCUT2D eigenvalue weighted by molar-refractivity contribution is 6.03. The molecule has 20 heavy (non-hydrogen) atoms. The molecule has 0 spiro atoms. The van der Waals surface area contributed by atoms with Crippen LogP contribution in [-0.4, -0.2) is 16.1 Å². The van der Waals surface area contributed by atoms with E-state index in [1.54, 1.807) is 18.2 Å². The van der Waals surface area contributed by atoms with E-state index in [-0.39, 0.29) is 11.1 Å². The Labute approximate surface area is 114 Å². The van der Waals surface area contributed by atoms with Gasteiger partial charge in [0, 0.05) is 10.9 Å². The van der Waals surface area contributed by atoms with Gasteiger partial charge in [-0.2, -0.15) is 0 Å². The van der Waals surface area contributed by atoms with Crippen LogP contribution in [0.3, 0.4) is 0 Å². The summed E-state index contributed by atoms with van der Waals surface area (Å²) in [6, 6.07) is 14.9. The van der Waals surface area contributed by atoms with Crippen molar-refractivity contribution >= 4 is 16.9 Å². The number of aromatic carboxylic acids is 1. The largest absolute Gasteiger partial charge is 0.478 e. The molecule has 0 unspecified atom stereocenters. The highest BCUT2D eigenvalue weighted by atomic mass is 19.1. The first-order valence-electron chi connectivity index (χ1n) is 6.05. The van der Waals surface area contributed by atoms with Crippen molar-refractivity contribution in [1.29, 1.82) is 0 Å². The Morgan fingerprint density at radius 2 is 1.80 bits per heavy atom. The van der Waals surface area contributed by atoms with Gasteiger partial charge in [-0.15, -0.1) is 0 Å². The molecule has 0 saturated carbocycles. The van der Waals surface area contributed by atoms with Gasteiger partial charge >= 0.3 is 5.97 Å². The third kappa shape index (κ3) is 2.01. The number of rotatable bonds is 2. The molecule has 0 aliphatic rings. The molecule has 0 fully saturated rings. The maximum atomic E-state index is 13.9. The Morgan fingerprint density at radius 3 is 2.50 bits per heavy atom. The Morgan fingerprint density at radius 1 is 1.05 bits per heavy atom. The van der Waals surface area contributed by atoms with Gasteiger partial charge in [-0.25, -0.2) is 14.2 Å². The molecule has 4 heteroatoms. The first-order valence-corrected chi connectivity index (χ1v) is 6.05. The maximum Gasteiger partial charge on any atom is 0.336 e. The predicted octanol–water partition coefficient (Wildman–Crippen LogP) is 3.74. The zero-order valence-electron chi connectivity index (χ0n) is 10.4. The van der Waals surface area contributed by atoms with Gasteiger partial charge in [0.25, 0.3) is 0 Å². The van der Waals surface area contributed by atoms with Gasteiger partial charge in [0.2, 0.25) is 0 Å². The summed E-state index contributed by atoms with van der Waals surface area (Å²) in [7, 11) is 0. The molecule has 0 saturated heterocycles. The van der Waals surface area contributed by atoms with Crippen molar-refractivity contribution in [3.8, 4) is 11.3 Å². The minimum Gasteiger partial charge on any atom is -0.478 e. The second-order valence-electron chi connectivity index (χ2n) is 4.36. The number of carbonyl (C=O) groups is 1. The zero-order chi connectivity index (χ0) is 14.1.